The van der Waals surface area contributed by atoms with Crippen molar-refractivity contribution in [2.24, 2.45) is 0 Å². The maximum atomic E-state index is 11.3. The van der Waals surface area contributed by atoms with Crippen molar-refractivity contribution in [2.75, 3.05) is 24.3 Å². The summed E-state index contributed by atoms with van der Waals surface area (Å²) in [4.78, 5) is 3.30. The monoisotopic (exact) mass is 588 g/mol. The predicted molar refractivity (Wildman–Crippen MR) is 156 cm³/mol. The highest BCUT2D eigenvalue weighted by Crippen LogP contribution is 2.47. The lowest BCUT2D eigenvalue weighted by atomic mass is 10.2. The minimum Gasteiger partial charge on any atom is -0.748 e. The third-order valence-electron chi connectivity index (χ3n) is 6.44. The number of aromatic hydroxyl groups is 1. The molecule has 2 aromatic carbocycles. The molecule has 0 radical (unpaired) electrons. The molecule has 11 heteroatoms. The molecule has 0 saturated heterocycles. The van der Waals surface area contributed by atoms with Crippen molar-refractivity contribution < 1.29 is 27.4 Å². The van der Waals surface area contributed by atoms with Crippen molar-refractivity contribution in [1.29, 1.82) is 0 Å². The number of aromatic nitrogens is 1. The first-order chi connectivity index (χ1) is 18.2. The third kappa shape index (κ3) is 5.30. The molecule has 0 bridgehead atoms. The largest absolute Gasteiger partial charge is 0.748 e. The number of benzene rings is 2. The van der Waals surface area contributed by atoms with Crippen LogP contribution in [0.2, 0.25) is 0 Å². The number of allylic oxidation sites excluding steroid dienone is 2. The number of anilines is 1. The molecule has 7 nitrogen and oxygen atoms in total. The van der Waals surface area contributed by atoms with E-state index in [0.717, 1.165) is 65.2 Å². The topological polar surface area (TPSA) is 93.8 Å². The van der Waals surface area contributed by atoms with E-state index in [9.17, 15) is 18.1 Å². The summed E-state index contributed by atoms with van der Waals surface area (Å²) in [6.07, 6.45) is 5.38. The summed E-state index contributed by atoms with van der Waals surface area (Å²) in [7, 11) is -2.63. The summed E-state index contributed by atoms with van der Waals surface area (Å²) in [6.45, 7) is 5.39. The number of thiophene rings is 1. The van der Waals surface area contributed by atoms with Gasteiger partial charge in [0, 0.05) is 47.2 Å². The van der Waals surface area contributed by atoms with Gasteiger partial charge in [0.25, 0.3) is 5.01 Å². The van der Waals surface area contributed by atoms with Crippen LogP contribution in [-0.2, 0) is 16.7 Å². The molecule has 2 aromatic heterocycles. The molecular formula is C27H28N2O5S4. The fourth-order valence-electron chi connectivity index (χ4n) is 4.66. The molecule has 1 aliphatic rings. The highest BCUT2D eigenvalue weighted by atomic mass is 32.2. The lowest BCUT2D eigenvalue weighted by Gasteiger charge is -2.18. The number of rotatable bonds is 9. The summed E-state index contributed by atoms with van der Waals surface area (Å²) in [5, 5.41) is 15.1. The van der Waals surface area contributed by atoms with E-state index in [2.05, 4.69) is 35.5 Å². The van der Waals surface area contributed by atoms with Crippen molar-refractivity contribution in [3.63, 3.8) is 0 Å². The van der Waals surface area contributed by atoms with E-state index in [4.69, 9.17) is 4.74 Å². The van der Waals surface area contributed by atoms with E-state index in [1.165, 1.54) is 0 Å². The number of ether oxygens (including phenoxy) is 1. The number of nitrogens with zero attached hydrogens (tertiary/aromatic N) is 2. The number of phenols is 1. The standard InChI is InChI=1S/C27H28N2O5S4/c1-4-17(13-24-28(5-2)20-15-18(30)7-8-22(20)36-24)14-25-29(10-6-12-38(31,32)33)26-23(37-25)16-21(34-3)19-9-11-35-27(19)26/h7-9,11,13-16H,4-6,10,12H2,1-3H3,(H-,30,31,32,33). The molecule has 0 unspecified atom stereocenters. The van der Waals surface area contributed by atoms with E-state index in [1.807, 2.05) is 23.6 Å². The Morgan fingerprint density at radius 2 is 2.05 bits per heavy atom. The Morgan fingerprint density at radius 3 is 2.76 bits per heavy atom. The minimum atomic E-state index is -4.30. The molecule has 0 fully saturated rings. The Morgan fingerprint density at radius 1 is 1.24 bits per heavy atom. The van der Waals surface area contributed by atoms with Gasteiger partial charge in [0.05, 0.1) is 27.9 Å². The lowest BCUT2D eigenvalue weighted by molar-refractivity contribution is -0.667. The molecule has 0 amide bonds. The molecule has 0 saturated carbocycles. The van der Waals surface area contributed by atoms with Gasteiger partial charge >= 0.3 is 0 Å². The van der Waals surface area contributed by atoms with Gasteiger partial charge in [-0.2, -0.15) is 4.57 Å². The fraction of sp³-hybridized carbons (Fsp3) is 0.296. The Hall–Kier alpha value is -2.57. The first-order valence-corrected chi connectivity index (χ1v) is 16.4. The molecule has 38 heavy (non-hydrogen) atoms. The highest BCUT2D eigenvalue weighted by molar-refractivity contribution is 8.03. The molecule has 4 aromatic rings. The van der Waals surface area contributed by atoms with Crippen LogP contribution in [0.3, 0.4) is 0 Å². The molecule has 1 aliphatic heterocycles. The summed E-state index contributed by atoms with van der Waals surface area (Å²) >= 11 is 4.93. The average molecular weight is 589 g/mol. The van der Waals surface area contributed by atoms with Gasteiger partial charge in [-0.25, -0.2) is 8.42 Å². The van der Waals surface area contributed by atoms with Crippen LogP contribution in [0.1, 0.15) is 31.7 Å². The van der Waals surface area contributed by atoms with Gasteiger partial charge in [-0.1, -0.05) is 30.0 Å². The van der Waals surface area contributed by atoms with Gasteiger partial charge < -0.3 is 19.3 Å². The molecule has 0 aliphatic carbocycles. The number of aryl methyl sites for hydroxylation is 1. The summed E-state index contributed by atoms with van der Waals surface area (Å²) < 4.78 is 43.9. The smallest absolute Gasteiger partial charge is 0.263 e. The van der Waals surface area contributed by atoms with Crippen LogP contribution in [-0.4, -0.2) is 37.5 Å². The van der Waals surface area contributed by atoms with Crippen LogP contribution in [0.25, 0.3) is 26.4 Å². The van der Waals surface area contributed by atoms with Crippen LogP contribution < -0.4 is 14.2 Å². The minimum absolute atomic E-state index is 0.239. The van der Waals surface area contributed by atoms with Crippen LogP contribution in [0.4, 0.5) is 5.69 Å². The van der Waals surface area contributed by atoms with Crippen molar-refractivity contribution in [3.8, 4) is 11.5 Å². The van der Waals surface area contributed by atoms with E-state index < -0.39 is 15.9 Å². The number of methoxy groups -OCH3 is 1. The summed E-state index contributed by atoms with van der Waals surface area (Å²) in [6, 6.07) is 9.52. The van der Waals surface area contributed by atoms with Crippen molar-refractivity contribution in [3.05, 3.63) is 57.4 Å². The maximum absolute atomic E-state index is 11.3. The van der Waals surface area contributed by atoms with Crippen LogP contribution in [0, 0.1) is 0 Å². The number of thioether (sulfide) groups is 1. The average Bonchev–Trinajstić information content (AvgIpc) is 3.57. The zero-order valence-corrected chi connectivity index (χ0v) is 24.5. The third-order valence-corrected chi connectivity index (χ3v) is 10.3. The van der Waals surface area contributed by atoms with Crippen molar-refractivity contribution in [2.45, 2.75) is 38.1 Å². The Balaban J connectivity index is 1.61. The molecular weight excluding hydrogens is 561 g/mol. The van der Waals surface area contributed by atoms with Crippen LogP contribution in [0.15, 0.2) is 57.3 Å². The van der Waals surface area contributed by atoms with Gasteiger partial charge in [0.2, 0.25) is 5.52 Å². The van der Waals surface area contributed by atoms with Crippen LogP contribution >= 0.6 is 34.4 Å². The number of phenolic OH excluding ortho intramolecular Hbond substituents is 1. The molecule has 0 spiro atoms. The van der Waals surface area contributed by atoms with Crippen molar-refractivity contribution >= 4 is 76.6 Å². The predicted octanol–water partition coefficient (Wildman–Crippen LogP) is 6.32. The van der Waals surface area contributed by atoms with Gasteiger partial charge in [-0.05, 0) is 48.6 Å². The Bertz CT molecular complexity index is 1680. The lowest BCUT2D eigenvalue weighted by Crippen LogP contribution is -2.36. The van der Waals surface area contributed by atoms with Gasteiger partial charge in [0.15, 0.2) is 6.54 Å². The van der Waals surface area contributed by atoms with E-state index in [-0.39, 0.29) is 12.2 Å². The second-order valence-corrected chi connectivity index (χ2v) is 13.4. The van der Waals surface area contributed by atoms with Crippen molar-refractivity contribution in [1.82, 2.24) is 0 Å². The Labute approximate surface area is 234 Å². The molecule has 0 atom stereocenters. The van der Waals surface area contributed by atoms with Gasteiger partial charge in [0.1, 0.15) is 20.9 Å². The van der Waals surface area contributed by atoms with E-state index in [0.29, 0.717) is 6.54 Å². The molecule has 200 valence electrons. The van der Waals surface area contributed by atoms with Crippen LogP contribution in [0.5, 0.6) is 11.5 Å². The Kier molecular flexibility index (Phi) is 7.74. The first-order valence-electron chi connectivity index (χ1n) is 12.3. The fourth-order valence-corrected chi connectivity index (χ4v) is 8.56. The van der Waals surface area contributed by atoms with E-state index >= 15 is 0 Å². The highest BCUT2D eigenvalue weighted by Gasteiger charge is 2.27. The summed E-state index contributed by atoms with van der Waals surface area (Å²) in [5.41, 5.74) is 3.16. The quantitative estimate of drug-likeness (QED) is 0.181. The number of hydrogen-bond donors (Lipinski definition) is 1. The number of thiazole rings is 1. The number of fused-ring (bicyclic) bond motifs is 4. The molecule has 1 N–H and O–H groups in total. The summed E-state index contributed by atoms with van der Waals surface area (Å²) in [5.74, 6) is 0.652. The second kappa shape index (κ2) is 10.9. The SMILES string of the molecule is CCC(=Cc1sc2cc(OC)c3ccsc3c2[n+]1CCCS(=O)(=O)[O-])C=C1Sc2ccc(O)cc2N1CC. The van der Waals surface area contributed by atoms with E-state index in [1.54, 1.807) is 53.7 Å². The molecule has 5 rings (SSSR count). The normalized spacial score (nSPS) is 15.2. The zero-order chi connectivity index (χ0) is 27.0. The van der Waals surface area contributed by atoms with Gasteiger partial charge in [-0.15, -0.1) is 11.3 Å². The molecule has 3 heterocycles. The maximum Gasteiger partial charge on any atom is 0.263 e. The second-order valence-electron chi connectivity index (χ2n) is 8.85. The zero-order valence-electron chi connectivity index (χ0n) is 21.3. The first kappa shape index (κ1) is 27.0. The number of hydrogen-bond acceptors (Lipinski definition) is 9. The van der Waals surface area contributed by atoms with Gasteiger partial charge in [-0.3, -0.25) is 0 Å².